The third-order valence-corrected chi connectivity index (χ3v) is 5.21. The Morgan fingerprint density at radius 3 is 2.47 bits per heavy atom. The number of carbonyl (C=O) groups excluding carboxylic acids is 2. The molecule has 1 aromatic rings. The number of rotatable bonds is 5. The van der Waals surface area contributed by atoms with E-state index < -0.39 is 12.1 Å². The number of alkyl halides is 3. The molecule has 1 atom stereocenters. The third kappa shape index (κ3) is 6.39. The van der Waals surface area contributed by atoms with Crippen LogP contribution in [-0.4, -0.2) is 96.5 Å². The topological polar surface area (TPSA) is 109 Å². The van der Waals surface area contributed by atoms with E-state index in [1.807, 2.05) is 13.0 Å². The molecule has 0 bridgehead atoms. The maximum Gasteiger partial charge on any atom is 0.490 e. The lowest BCUT2D eigenvalue weighted by Gasteiger charge is -2.50. The molecule has 2 aliphatic heterocycles. The zero-order valence-corrected chi connectivity index (χ0v) is 18.0. The lowest BCUT2D eigenvalue weighted by Crippen LogP contribution is -2.66. The highest BCUT2D eigenvalue weighted by Gasteiger charge is 2.54. The number of amides is 2. The fourth-order valence-corrected chi connectivity index (χ4v) is 3.39. The summed E-state index contributed by atoms with van der Waals surface area (Å²) >= 11 is 0. The van der Waals surface area contributed by atoms with Crippen LogP contribution in [0.15, 0.2) is 18.5 Å². The number of hydrogen-bond acceptors (Lipinski definition) is 6. The minimum atomic E-state index is -5.08. The highest BCUT2D eigenvalue weighted by Crippen LogP contribution is 2.40. The number of likely N-dealkylation sites (tertiary alicyclic amines) is 1. The standard InChI is InChI=1S/C18H25N3O4.C2HF3O2/c1-13-6-14(8-19-7-13)17(23)21-11-18(12-21)15(4-5-25-18)9-24-10-16(22)20(2)3;3-2(4,5)1(6)7/h6-8,15H,4-5,9-12H2,1-3H3;(H,6,7). The Bertz CT molecular complexity index is 840. The van der Waals surface area contributed by atoms with E-state index in [2.05, 4.69) is 4.98 Å². The number of aryl methyl sites for hydroxylation is 1. The number of aliphatic carboxylic acids is 1. The van der Waals surface area contributed by atoms with Gasteiger partial charge in [-0.15, -0.1) is 0 Å². The maximum atomic E-state index is 12.6. The van der Waals surface area contributed by atoms with Crippen molar-refractivity contribution in [2.75, 3.05) is 47.0 Å². The molecule has 2 fully saturated rings. The van der Waals surface area contributed by atoms with Gasteiger partial charge >= 0.3 is 12.1 Å². The number of likely N-dealkylation sites (N-methyl/N-ethyl adjacent to an activating group) is 1. The Hall–Kier alpha value is -2.73. The van der Waals surface area contributed by atoms with Gasteiger partial charge in [0.2, 0.25) is 5.91 Å². The molecule has 1 aromatic heterocycles. The highest BCUT2D eigenvalue weighted by atomic mass is 19.4. The summed E-state index contributed by atoms with van der Waals surface area (Å²) in [5.41, 5.74) is 1.25. The third-order valence-electron chi connectivity index (χ3n) is 5.21. The normalized spacial score (nSPS) is 19.1. The van der Waals surface area contributed by atoms with Crippen molar-refractivity contribution in [2.24, 2.45) is 5.92 Å². The Kier molecular flexibility index (Phi) is 8.18. The van der Waals surface area contributed by atoms with Crippen molar-refractivity contribution in [3.63, 3.8) is 0 Å². The number of aromatic nitrogens is 1. The first kappa shape index (κ1) is 25.5. The minimum absolute atomic E-state index is 0.0141. The lowest BCUT2D eigenvalue weighted by atomic mass is 9.81. The summed E-state index contributed by atoms with van der Waals surface area (Å²) in [5, 5.41) is 7.12. The number of nitrogens with zero attached hydrogens (tertiary/aromatic N) is 3. The van der Waals surface area contributed by atoms with Crippen molar-refractivity contribution in [1.82, 2.24) is 14.8 Å². The van der Waals surface area contributed by atoms with E-state index >= 15 is 0 Å². The lowest BCUT2D eigenvalue weighted by molar-refractivity contribution is -0.192. The quantitative estimate of drug-likeness (QED) is 0.705. The first-order valence-corrected chi connectivity index (χ1v) is 9.78. The molecule has 178 valence electrons. The zero-order chi connectivity index (χ0) is 24.1. The second-order valence-electron chi connectivity index (χ2n) is 7.92. The molecule has 1 spiro atoms. The Labute approximate surface area is 183 Å². The van der Waals surface area contributed by atoms with Crippen LogP contribution in [0.2, 0.25) is 0 Å². The van der Waals surface area contributed by atoms with Crippen LogP contribution in [0.4, 0.5) is 13.2 Å². The summed E-state index contributed by atoms with van der Waals surface area (Å²) in [7, 11) is 3.42. The molecule has 9 nitrogen and oxygen atoms in total. The molecule has 3 heterocycles. The van der Waals surface area contributed by atoms with Crippen LogP contribution in [0.5, 0.6) is 0 Å². The first-order valence-electron chi connectivity index (χ1n) is 9.78. The Morgan fingerprint density at radius 1 is 1.31 bits per heavy atom. The van der Waals surface area contributed by atoms with Gasteiger partial charge in [0.15, 0.2) is 0 Å². The van der Waals surface area contributed by atoms with Crippen molar-refractivity contribution in [3.8, 4) is 0 Å². The van der Waals surface area contributed by atoms with Crippen molar-refractivity contribution in [1.29, 1.82) is 0 Å². The van der Waals surface area contributed by atoms with E-state index in [9.17, 15) is 22.8 Å². The van der Waals surface area contributed by atoms with Gasteiger partial charge in [0, 0.05) is 39.0 Å². The molecule has 0 aromatic carbocycles. The van der Waals surface area contributed by atoms with Gasteiger partial charge in [-0.2, -0.15) is 13.2 Å². The van der Waals surface area contributed by atoms with E-state index in [0.717, 1.165) is 12.0 Å². The first-order chi connectivity index (χ1) is 14.9. The SMILES string of the molecule is Cc1cncc(C(=O)N2CC3(C2)OCCC3COCC(=O)N(C)C)c1.O=C(O)C(F)(F)F. The van der Waals surface area contributed by atoms with Gasteiger partial charge in [-0.1, -0.05) is 0 Å². The largest absolute Gasteiger partial charge is 0.490 e. The minimum Gasteiger partial charge on any atom is -0.475 e. The van der Waals surface area contributed by atoms with Crippen LogP contribution in [0.3, 0.4) is 0 Å². The van der Waals surface area contributed by atoms with Crippen LogP contribution in [0.25, 0.3) is 0 Å². The summed E-state index contributed by atoms with van der Waals surface area (Å²) in [5.74, 6) is -2.61. The molecule has 2 amide bonds. The smallest absolute Gasteiger partial charge is 0.475 e. The molecule has 3 rings (SSSR count). The molecule has 2 saturated heterocycles. The zero-order valence-electron chi connectivity index (χ0n) is 18.0. The summed E-state index contributed by atoms with van der Waals surface area (Å²) in [4.78, 5) is 40.4. The number of hydrogen-bond donors (Lipinski definition) is 1. The molecule has 1 N–H and O–H groups in total. The molecule has 0 saturated carbocycles. The van der Waals surface area contributed by atoms with Gasteiger partial charge in [-0.05, 0) is 25.0 Å². The van der Waals surface area contributed by atoms with Gasteiger partial charge < -0.3 is 24.4 Å². The summed E-state index contributed by atoms with van der Waals surface area (Å²) in [6, 6.07) is 1.85. The molecule has 0 aliphatic carbocycles. The van der Waals surface area contributed by atoms with Crippen LogP contribution < -0.4 is 0 Å². The molecule has 32 heavy (non-hydrogen) atoms. The van der Waals surface area contributed by atoms with Gasteiger partial charge in [-0.25, -0.2) is 4.79 Å². The van der Waals surface area contributed by atoms with E-state index in [4.69, 9.17) is 19.4 Å². The van der Waals surface area contributed by atoms with Crippen molar-refractivity contribution in [2.45, 2.75) is 25.1 Å². The van der Waals surface area contributed by atoms with E-state index in [0.29, 0.717) is 31.9 Å². The van der Waals surface area contributed by atoms with Gasteiger partial charge in [0.05, 0.1) is 25.3 Å². The van der Waals surface area contributed by atoms with Crippen LogP contribution in [-0.2, 0) is 19.1 Å². The number of carbonyl (C=O) groups is 3. The fraction of sp³-hybridized carbons (Fsp3) is 0.600. The molecule has 1 unspecified atom stereocenters. The van der Waals surface area contributed by atoms with Crippen molar-refractivity contribution < 1.29 is 42.1 Å². The van der Waals surface area contributed by atoms with Gasteiger partial charge in [0.25, 0.3) is 5.91 Å². The molecular weight excluding hydrogens is 435 g/mol. The van der Waals surface area contributed by atoms with Crippen LogP contribution in [0, 0.1) is 12.8 Å². The predicted molar refractivity (Wildman–Crippen MR) is 105 cm³/mol. The van der Waals surface area contributed by atoms with Crippen molar-refractivity contribution >= 4 is 17.8 Å². The van der Waals surface area contributed by atoms with Gasteiger partial charge in [0.1, 0.15) is 12.2 Å². The predicted octanol–water partition coefficient (Wildman–Crippen LogP) is 1.36. The van der Waals surface area contributed by atoms with Crippen LogP contribution >= 0.6 is 0 Å². The van der Waals surface area contributed by atoms with E-state index in [1.165, 1.54) is 4.90 Å². The van der Waals surface area contributed by atoms with E-state index in [-0.39, 0.29) is 29.9 Å². The van der Waals surface area contributed by atoms with E-state index in [1.54, 1.807) is 31.4 Å². The maximum absolute atomic E-state index is 12.6. The Balaban J connectivity index is 0.000000451. The number of pyridine rings is 1. The van der Waals surface area contributed by atoms with Crippen LogP contribution in [0.1, 0.15) is 22.3 Å². The summed E-state index contributed by atoms with van der Waals surface area (Å²) in [6.45, 7) is 4.28. The second-order valence-corrected chi connectivity index (χ2v) is 7.92. The summed E-state index contributed by atoms with van der Waals surface area (Å²) in [6.07, 6.45) is -0.857. The monoisotopic (exact) mass is 461 g/mol. The number of carboxylic acid groups (broad SMARTS) is 1. The molecule has 2 aliphatic rings. The molecule has 12 heteroatoms. The van der Waals surface area contributed by atoms with Crippen molar-refractivity contribution in [3.05, 3.63) is 29.6 Å². The number of ether oxygens (including phenoxy) is 2. The second kappa shape index (κ2) is 10.3. The summed E-state index contributed by atoms with van der Waals surface area (Å²) < 4.78 is 43.3. The average molecular weight is 461 g/mol. The number of carboxylic acids is 1. The van der Waals surface area contributed by atoms with Gasteiger partial charge in [-0.3, -0.25) is 14.6 Å². The molecule has 0 radical (unpaired) electrons. The number of halogens is 3. The highest BCUT2D eigenvalue weighted by molar-refractivity contribution is 5.94. The Morgan fingerprint density at radius 2 is 1.94 bits per heavy atom. The fourth-order valence-electron chi connectivity index (χ4n) is 3.39. The molecular formula is C20H26F3N3O6. The average Bonchev–Trinajstić information content (AvgIpc) is 3.09.